The van der Waals surface area contributed by atoms with Crippen molar-refractivity contribution in [2.75, 3.05) is 40.4 Å². The Morgan fingerprint density at radius 3 is 2.37 bits per heavy atom. The molecule has 1 aliphatic rings. The van der Waals surface area contributed by atoms with Gasteiger partial charge in [-0.2, -0.15) is 0 Å². The molecule has 19 heavy (non-hydrogen) atoms. The summed E-state index contributed by atoms with van der Waals surface area (Å²) in [7, 11) is 4.13. The first-order chi connectivity index (χ1) is 8.77. The summed E-state index contributed by atoms with van der Waals surface area (Å²) in [4.78, 5) is 2.25. The Kier molecular flexibility index (Phi) is 6.24. The number of nitrogens with zero attached hydrogens (tertiary/aromatic N) is 1. The quantitative estimate of drug-likeness (QED) is 0.769. The van der Waals surface area contributed by atoms with Gasteiger partial charge in [-0.25, -0.2) is 0 Å². The Balaban J connectivity index is 2.36. The molecule has 0 bridgehead atoms. The Hall–Kier alpha value is -0.160. The van der Waals surface area contributed by atoms with Crippen LogP contribution in [0.5, 0.6) is 0 Å². The Bertz CT molecular complexity index is 257. The molecule has 0 saturated carbocycles. The fraction of sp³-hybridized carbons (Fsp3) is 1.00. The van der Waals surface area contributed by atoms with Gasteiger partial charge in [0.1, 0.15) is 0 Å². The average molecular weight is 272 g/mol. The monoisotopic (exact) mass is 272 g/mol. The summed E-state index contributed by atoms with van der Waals surface area (Å²) in [6.07, 6.45) is 2.61. The molecule has 0 radical (unpaired) electrons. The lowest BCUT2D eigenvalue weighted by molar-refractivity contribution is -0.0772. The van der Waals surface area contributed by atoms with Crippen molar-refractivity contribution >= 4 is 0 Å². The first-order valence-corrected chi connectivity index (χ1v) is 7.43. The Morgan fingerprint density at radius 1 is 1.32 bits per heavy atom. The maximum absolute atomic E-state index is 10.5. The standard InChI is InChI=1S/C15H32N2O2/c1-14(2,3)13(16-4)6-9-17(5)12-15(18)7-10-19-11-8-15/h13,16,18H,6-12H2,1-5H3. The van der Waals surface area contributed by atoms with Crippen LogP contribution >= 0.6 is 0 Å². The number of hydrogen-bond acceptors (Lipinski definition) is 4. The van der Waals surface area contributed by atoms with Crippen molar-refractivity contribution in [2.45, 2.75) is 51.7 Å². The number of ether oxygens (including phenoxy) is 1. The molecular weight excluding hydrogens is 240 g/mol. The first kappa shape index (κ1) is 16.9. The van der Waals surface area contributed by atoms with E-state index < -0.39 is 5.60 Å². The number of rotatable bonds is 6. The average Bonchev–Trinajstić information content (AvgIpc) is 2.28. The van der Waals surface area contributed by atoms with E-state index in [0.29, 0.717) is 19.3 Å². The van der Waals surface area contributed by atoms with Gasteiger partial charge in [0.2, 0.25) is 0 Å². The van der Waals surface area contributed by atoms with Gasteiger partial charge in [0.25, 0.3) is 0 Å². The van der Waals surface area contributed by atoms with Crippen LogP contribution in [-0.4, -0.2) is 62.0 Å². The van der Waals surface area contributed by atoms with Crippen molar-refractivity contribution < 1.29 is 9.84 Å². The van der Waals surface area contributed by atoms with Gasteiger partial charge >= 0.3 is 0 Å². The van der Waals surface area contributed by atoms with Crippen molar-refractivity contribution in [3.8, 4) is 0 Å². The fourth-order valence-electron chi connectivity index (χ4n) is 2.85. The topological polar surface area (TPSA) is 44.7 Å². The zero-order valence-corrected chi connectivity index (χ0v) is 13.3. The maximum atomic E-state index is 10.5. The molecule has 4 heteroatoms. The van der Waals surface area contributed by atoms with Crippen LogP contribution in [0.2, 0.25) is 0 Å². The fourth-order valence-corrected chi connectivity index (χ4v) is 2.85. The van der Waals surface area contributed by atoms with Gasteiger partial charge in [-0.1, -0.05) is 20.8 Å². The summed E-state index contributed by atoms with van der Waals surface area (Å²) in [6.45, 7) is 9.92. The van der Waals surface area contributed by atoms with Gasteiger partial charge in [-0.15, -0.1) is 0 Å². The largest absolute Gasteiger partial charge is 0.388 e. The lowest BCUT2D eigenvalue weighted by atomic mass is 9.84. The molecule has 0 aromatic heterocycles. The summed E-state index contributed by atoms with van der Waals surface area (Å²) in [5.74, 6) is 0. The van der Waals surface area contributed by atoms with Gasteiger partial charge in [0.05, 0.1) is 5.60 Å². The van der Waals surface area contributed by atoms with Crippen LogP contribution in [0, 0.1) is 5.41 Å². The van der Waals surface area contributed by atoms with E-state index in [9.17, 15) is 5.11 Å². The second-order valence-electron chi connectivity index (χ2n) is 7.07. The summed E-state index contributed by atoms with van der Waals surface area (Å²) in [5.41, 5.74) is -0.283. The molecule has 114 valence electrons. The molecule has 1 aliphatic heterocycles. The molecule has 1 unspecified atom stereocenters. The van der Waals surface area contributed by atoms with Crippen LogP contribution in [0.15, 0.2) is 0 Å². The van der Waals surface area contributed by atoms with Crippen LogP contribution < -0.4 is 5.32 Å². The molecule has 1 fully saturated rings. The molecule has 1 saturated heterocycles. The number of nitrogens with one attached hydrogen (secondary N) is 1. The normalized spacial score (nSPS) is 21.6. The van der Waals surface area contributed by atoms with E-state index in [1.54, 1.807) is 0 Å². The second kappa shape index (κ2) is 7.02. The lowest BCUT2D eigenvalue weighted by Gasteiger charge is -2.37. The third-order valence-electron chi connectivity index (χ3n) is 4.18. The van der Waals surface area contributed by atoms with E-state index in [0.717, 1.165) is 32.4 Å². The molecule has 0 aliphatic carbocycles. The van der Waals surface area contributed by atoms with Gasteiger partial charge in [-0.3, -0.25) is 0 Å². The summed E-state index contributed by atoms with van der Waals surface area (Å²) in [6, 6.07) is 0.499. The van der Waals surface area contributed by atoms with Gasteiger partial charge in [0.15, 0.2) is 0 Å². The SMILES string of the molecule is CNC(CCN(C)CC1(O)CCOCC1)C(C)(C)C. The number of likely N-dealkylation sites (N-methyl/N-ethyl adjacent to an activating group) is 1. The Morgan fingerprint density at radius 2 is 1.89 bits per heavy atom. The highest BCUT2D eigenvalue weighted by Gasteiger charge is 2.31. The molecule has 0 spiro atoms. The van der Waals surface area contributed by atoms with Crippen LogP contribution in [-0.2, 0) is 4.74 Å². The van der Waals surface area contributed by atoms with E-state index >= 15 is 0 Å². The van der Waals surface area contributed by atoms with Crippen molar-refractivity contribution in [3.63, 3.8) is 0 Å². The molecule has 4 nitrogen and oxygen atoms in total. The highest BCUT2D eigenvalue weighted by Crippen LogP contribution is 2.23. The van der Waals surface area contributed by atoms with Crippen molar-refractivity contribution in [1.82, 2.24) is 10.2 Å². The Labute approximate surface area is 118 Å². The first-order valence-electron chi connectivity index (χ1n) is 7.43. The van der Waals surface area contributed by atoms with Gasteiger partial charge in [0, 0.05) is 38.6 Å². The molecule has 1 rings (SSSR count). The molecule has 0 aromatic carbocycles. The molecule has 2 N–H and O–H groups in total. The van der Waals surface area contributed by atoms with Crippen LogP contribution in [0.3, 0.4) is 0 Å². The lowest BCUT2D eigenvalue weighted by Crippen LogP contribution is -2.47. The molecule has 1 atom stereocenters. The molecule has 0 aromatic rings. The van der Waals surface area contributed by atoms with E-state index in [4.69, 9.17) is 4.74 Å². The summed E-state index contributed by atoms with van der Waals surface area (Å²) >= 11 is 0. The minimum Gasteiger partial charge on any atom is -0.388 e. The van der Waals surface area contributed by atoms with E-state index in [2.05, 4.69) is 38.0 Å². The molecule has 0 amide bonds. The second-order valence-corrected chi connectivity index (χ2v) is 7.07. The molecule has 1 heterocycles. The minimum atomic E-state index is -0.552. The zero-order valence-electron chi connectivity index (χ0n) is 13.3. The molecular formula is C15H32N2O2. The predicted octanol–water partition coefficient (Wildman–Crippen LogP) is 1.48. The summed E-state index contributed by atoms with van der Waals surface area (Å²) in [5, 5.41) is 13.9. The van der Waals surface area contributed by atoms with E-state index in [1.807, 2.05) is 7.05 Å². The van der Waals surface area contributed by atoms with Gasteiger partial charge in [-0.05, 0) is 32.5 Å². The van der Waals surface area contributed by atoms with Crippen molar-refractivity contribution in [1.29, 1.82) is 0 Å². The smallest absolute Gasteiger partial charge is 0.0817 e. The van der Waals surface area contributed by atoms with E-state index in [1.165, 1.54) is 0 Å². The van der Waals surface area contributed by atoms with Gasteiger partial charge < -0.3 is 20.1 Å². The third-order valence-corrected chi connectivity index (χ3v) is 4.18. The minimum absolute atomic E-state index is 0.269. The van der Waals surface area contributed by atoms with Crippen LogP contribution in [0.4, 0.5) is 0 Å². The third kappa shape index (κ3) is 5.78. The van der Waals surface area contributed by atoms with Crippen LogP contribution in [0.25, 0.3) is 0 Å². The maximum Gasteiger partial charge on any atom is 0.0817 e. The van der Waals surface area contributed by atoms with Crippen molar-refractivity contribution in [2.24, 2.45) is 5.41 Å². The number of aliphatic hydroxyl groups is 1. The highest BCUT2D eigenvalue weighted by molar-refractivity contribution is 4.85. The zero-order chi connectivity index (χ0) is 14.5. The highest BCUT2D eigenvalue weighted by atomic mass is 16.5. The van der Waals surface area contributed by atoms with E-state index in [-0.39, 0.29) is 5.41 Å². The number of hydrogen-bond donors (Lipinski definition) is 2. The predicted molar refractivity (Wildman–Crippen MR) is 79.4 cm³/mol. The summed E-state index contributed by atoms with van der Waals surface area (Å²) < 4.78 is 5.32. The van der Waals surface area contributed by atoms with Crippen LogP contribution in [0.1, 0.15) is 40.0 Å². The van der Waals surface area contributed by atoms with Crippen molar-refractivity contribution in [3.05, 3.63) is 0 Å².